The smallest absolute Gasteiger partial charge is 0.343 e. The van der Waals surface area contributed by atoms with Gasteiger partial charge in [-0.1, -0.05) is 38.5 Å². The Morgan fingerprint density at radius 3 is 2.17 bits per heavy atom. The lowest BCUT2D eigenvalue weighted by Gasteiger charge is -2.41. The molecule has 9 nitrogen and oxygen atoms in total. The van der Waals surface area contributed by atoms with Crippen molar-refractivity contribution in [2.45, 2.75) is 102 Å². The predicted octanol–water partition coefficient (Wildman–Crippen LogP) is 2.98. The van der Waals surface area contributed by atoms with Crippen molar-refractivity contribution in [2.75, 3.05) is 6.54 Å². The van der Waals surface area contributed by atoms with Gasteiger partial charge in [-0.05, 0) is 39.5 Å². The van der Waals surface area contributed by atoms with Crippen molar-refractivity contribution >= 4 is 18.0 Å². The Morgan fingerprint density at radius 2 is 1.62 bits per heavy atom. The average Bonchev–Trinajstić information content (AvgIpc) is 2.88. The number of hydrogen-bond acceptors (Lipinski definition) is 4. The first-order chi connectivity index (χ1) is 13.7. The van der Waals surface area contributed by atoms with Gasteiger partial charge in [-0.3, -0.25) is 14.9 Å². The number of carboxylic acids is 1. The van der Waals surface area contributed by atoms with Crippen molar-refractivity contribution in [3.05, 3.63) is 0 Å². The van der Waals surface area contributed by atoms with Crippen molar-refractivity contribution in [3.8, 4) is 0 Å². The molecule has 1 saturated heterocycles. The molecule has 29 heavy (non-hydrogen) atoms. The van der Waals surface area contributed by atoms with Gasteiger partial charge in [-0.2, -0.15) is 5.06 Å². The molecule has 3 fully saturated rings. The monoisotopic (exact) mass is 410 g/mol. The van der Waals surface area contributed by atoms with Gasteiger partial charge in [0.05, 0.1) is 5.54 Å². The molecule has 0 radical (unpaired) electrons. The summed E-state index contributed by atoms with van der Waals surface area (Å²) in [4.78, 5) is 40.2. The van der Waals surface area contributed by atoms with Crippen molar-refractivity contribution in [3.63, 3.8) is 0 Å². The van der Waals surface area contributed by atoms with Crippen LogP contribution in [0.4, 0.5) is 9.59 Å². The maximum absolute atomic E-state index is 13.2. The molecule has 3 N–H and O–H groups in total. The number of hydroxylamine groups is 2. The fraction of sp³-hybridized carbons (Fsp3) is 0.850. The fourth-order valence-corrected chi connectivity index (χ4v) is 5.11. The van der Waals surface area contributed by atoms with E-state index in [1.165, 1.54) is 4.90 Å². The Morgan fingerprint density at radius 1 is 1.07 bits per heavy atom. The number of nitrogens with one attached hydrogen (secondary N) is 1. The third kappa shape index (κ3) is 4.44. The van der Waals surface area contributed by atoms with Crippen LogP contribution in [0.15, 0.2) is 0 Å². The second-order valence-electron chi connectivity index (χ2n) is 9.12. The molecule has 0 aromatic rings. The van der Waals surface area contributed by atoms with Gasteiger partial charge < -0.3 is 15.3 Å². The van der Waals surface area contributed by atoms with Crippen LogP contribution in [0.1, 0.15) is 78.1 Å². The zero-order chi connectivity index (χ0) is 21.2. The van der Waals surface area contributed by atoms with Crippen LogP contribution in [0.3, 0.4) is 0 Å². The molecule has 164 valence electrons. The molecule has 3 aliphatic rings. The van der Waals surface area contributed by atoms with Crippen molar-refractivity contribution in [1.82, 2.24) is 20.2 Å². The van der Waals surface area contributed by atoms with Crippen LogP contribution < -0.4 is 5.32 Å². The Bertz CT molecular complexity index is 628. The molecule has 3 rings (SSSR count). The van der Waals surface area contributed by atoms with E-state index in [4.69, 9.17) is 0 Å². The van der Waals surface area contributed by atoms with Gasteiger partial charge in [-0.25, -0.2) is 9.59 Å². The summed E-state index contributed by atoms with van der Waals surface area (Å²) in [5, 5.41) is 23.7. The lowest BCUT2D eigenvalue weighted by molar-refractivity contribution is -0.147. The van der Waals surface area contributed by atoms with Gasteiger partial charge in [0.2, 0.25) is 0 Å². The van der Waals surface area contributed by atoms with E-state index >= 15 is 0 Å². The molecule has 9 heteroatoms. The summed E-state index contributed by atoms with van der Waals surface area (Å²) in [6, 6.07) is -1.15. The lowest BCUT2D eigenvalue weighted by Crippen LogP contribution is -2.61. The summed E-state index contributed by atoms with van der Waals surface area (Å²) in [5.74, 6) is -1.12. The zero-order valence-corrected chi connectivity index (χ0v) is 17.5. The maximum atomic E-state index is 13.2. The third-order valence-electron chi connectivity index (χ3n) is 6.68. The second-order valence-corrected chi connectivity index (χ2v) is 9.12. The maximum Gasteiger partial charge on any atom is 0.343 e. The van der Waals surface area contributed by atoms with Gasteiger partial charge in [0.25, 0.3) is 0 Å². The van der Waals surface area contributed by atoms with Gasteiger partial charge in [0, 0.05) is 12.1 Å². The van der Waals surface area contributed by atoms with Crippen molar-refractivity contribution < 1.29 is 24.7 Å². The van der Waals surface area contributed by atoms with Gasteiger partial charge in [0.15, 0.2) is 6.17 Å². The summed E-state index contributed by atoms with van der Waals surface area (Å²) in [7, 11) is 0. The molecule has 1 aliphatic heterocycles. The molecule has 0 spiro atoms. The minimum Gasteiger partial charge on any atom is -0.480 e. The highest BCUT2D eigenvalue weighted by molar-refractivity contribution is 5.85. The molecule has 2 aliphatic carbocycles. The molecule has 0 bridgehead atoms. The number of aliphatic carboxylic acids is 1. The summed E-state index contributed by atoms with van der Waals surface area (Å²) in [5.41, 5.74) is -1.05. The first kappa shape index (κ1) is 21.7. The summed E-state index contributed by atoms with van der Waals surface area (Å²) < 4.78 is 0. The number of urea groups is 2. The molecule has 1 atom stereocenters. The largest absolute Gasteiger partial charge is 0.480 e. The minimum atomic E-state index is -1.12. The van der Waals surface area contributed by atoms with Crippen LogP contribution in [0.2, 0.25) is 0 Å². The van der Waals surface area contributed by atoms with Crippen LogP contribution in [0.5, 0.6) is 0 Å². The summed E-state index contributed by atoms with van der Waals surface area (Å²) in [6.07, 6.45) is 8.67. The van der Waals surface area contributed by atoms with E-state index in [9.17, 15) is 24.7 Å². The fourth-order valence-electron chi connectivity index (χ4n) is 5.11. The number of carboxylic acid groups (broad SMARTS) is 1. The summed E-state index contributed by atoms with van der Waals surface area (Å²) >= 11 is 0. The quantitative estimate of drug-likeness (QED) is 0.476. The number of nitrogens with zero attached hydrogens (tertiary/aromatic N) is 3. The molecule has 2 saturated carbocycles. The highest BCUT2D eigenvalue weighted by atomic mass is 16.5. The van der Waals surface area contributed by atoms with Gasteiger partial charge >= 0.3 is 18.0 Å². The van der Waals surface area contributed by atoms with E-state index in [0.29, 0.717) is 5.06 Å². The highest BCUT2D eigenvalue weighted by Gasteiger charge is 2.57. The molecule has 1 heterocycles. The first-order valence-electron chi connectivity index (χ1n) is 10.8. The standard InChI is InChI=1S/C20H34N4O5/c1-20(2)17(24(29)18(27)21-14-9-5-3-6-10-14)23(15-11-7-4-8-12-15)19(28)22(20)13-16(25)26/h14-15,17,29H,3-13H2,1-2H3,(H,21,27)(H,25,26). The molecular formula is C20H34N4O5. The van der Waals surface area contributed by atoms with Crippen LogP contribution in [-0.4, -0.2) is 73.5 Å². The highest BCUT2D eigenvalue weighted by Crippen LogP contribution is 2.38. The van der Waals surface area contributed by atoms with Crippen molar-refractivity contribution in [2.24, 2.45) is 0 Å². The Labute approximate surface area is 172 Å². The number of rotatable bonds is 5. The third-order valence-corrected chi connectivity index (χ3v) is 6.68. The van der Waals surface area contributed by atoms with Gasteiger partial charge in [-0.15, -0.1) is 0 Å². The van der Waals surface area contributed by atoms with E-state index in [1.807, 2.05) is 0 Å². The van der Waals surface area contributed by atoms with Crippen molar-refractivity contribution in [1.29, 1.82) is 0 Å². The Hall–Kier alpha value is -2.03. The zero-order valence-electron chi connectivity index (χ0n) is 17.5. The van der Waals surface area contributed by atoms with Crippen LogP contribution in [0, 0.1) is 0 Å². The SMILES string of the molecule is CC1(C)C(N(O)C(=O)NC2CCCCC2)N(C2CCCCC2)C(=O)N1CC(=O)O. The topological polar surface area (TPSA) is 113 Å². The molecule has 0 aromatic carbocycles. The van der Waals surface area contributed by atoms with E-state index in [1.54, 1.807) is 18.7 Å². The average molecular weight is 411 g/mol. The van der Waals surface area contributed by atoms with Crippen LogP contribution in [-0.2, 0) is 4.79 Å². The number of carbonyl (C=O) groups is 3. The molecular weight excluding hydrogens is 376 g/mol. The van der Waals surface area contributed by atoms with E-state index in [-0.39, 0.29) is 12.1 Å². The van der Waals surface area contributed by atoms with Crippen LogP contribution >= 0.6 is 0 Å². The predicted molar refractivity (Wildman–Crippen MR) is 105 cm³/mol. The lowest BCUT2D eigenvalue weighted by atomic mass is 9.92. The number of hydrogen-bond donors (Lipinski definition) is 3. The molecule has 4 amide bonds. The second kappa shape index (κ2) is 8.77. The number of carbonyl (C=O) groups excluding carboxylic acids is 2. The van der Waals surface area contributed by atoms with E-state index in [0.717, 1.165) is 64.2 Å². The molecule has 1 unspecified atom stereocenters. The van der Waals surface area contributed by atoms with E-state index < -0.39 is 36.3 Å². The normalized spacial score (nSPS) is 25.9. The van der Waals surface area contributed by atoms with Gasteiger partial charge in [0.1, 0.15) is 6.54 Å². The molecule has 0 aromatic heterocycles. The van der Waals surface area contributed by atoms with E-state index in [2.05, 4.69) is 5.32 Å². The summed E-state index contributed by atoms with van der Waals surface area (Å²) in [6.45, 7) is 2.94. The number of amides is 4. The van der Waals surface area contributed by atoms with Crippen LogP contribution in [0.25, 0.3) is 0 Å². The Kier molecular flexibility index (Phi) is 6.55. The Balaban J connectivity index is 1.84. The first-order valence-corrected chi connectivity index (χ1v) is 10.8. The minimum absolute atomic E-state index is 0.0179.